The zero-order valence-electron chi connectivity index (χ0n) is 15.1. The number of amides is 1. The first kappa shape index (κ1) is 18.6. The molecule has 1 aromatic carbocycles. The van der Waals surface area contributed by atoms with E-state index in [1.807, 2.05) is 4.90 Å². The maximum absolute atomic E-state index is 12.1. The van der Waals surface area contributed by atoms with E-state index in [1.165, 1.54) is 12.1 Å². The minimum atomic E-state index is -0.410. The summed E-state index contributed by atoms with van der Waals surface area (Å²) >= 11 is 0. The minimum absolute atomic E-state index is 0.0763. The van der Waals surface area contributed by atoms with E-state index < -0.39 is 4.92 Å². The van der Waals surface area contributed by atoms with Gasteiger partial charge in [0.2, 0.25) is 5.91 Å². The molecule has 26 heavy (non-hydrogen) atoms. The topological polar surface area (TPSA) is 84.7 Å². The van der Waals surface area contributed by atoms with E-state index in [0.29, 0.717) is 30.9 Å². The van der Waals surface area contributed by atoms with Crippen molar-refractivity contribution in [2.75, 3.05) is 26.2 Å². The predicted molar refractivity (Wildman–Crippen MR) is 98.2 cm³/mol. The van der Waals surface area contributed by atoms with Crippen LogP contribution in [0.15, 0.2) is 24.3 Å². The van der Waals surface area contributed by atoms with Gasteiger partial charge in [-0.05, 0) is 56.6 Å². The number of hydrogen-bond acceptors (Lipinski definition) is 5. The third-order valence-electron chi connectivity index (χ3n) is 5.38. The monoisotopic (exact) mass is 361 g/mol. The van der Waals surface area contributed by atoms with Gasteiger partial charge in [-0.25, -0.2) is 0 Å². The van der Waals surface area contributed by atoms with Crippen molar-refractivity contribution in [3.8, 4) is 5.75 Å². The Bertz CT molecular complexity index is 606. The van der Waals surface area contributed by atoms with Crippen LogP contribution in [-0.2, 0) is 4.79 Å². The molecule has 1 saturated carbocycles. The fourth-order valence-corrected chi connectivity index (χ4v) is 3.72. The summed E-state index contributed by atoms with van der Waals surface area (Å²) in [5.74, 6) is 1.40. The van der Waals surface area contributed by atoms with Crippen molar-refractivity contribution in [2.24, 2.45) is 5.92 Å². The first-order valence-electron chi connectivity index (χ1n) is 9.50. The number of carbonyl (C=O) groups excluding carboxylic acids is 1. The first-order chi connectivity index (χ1) is 12.6. The molecule has 1 aliphatic carbocycles. The molecule has 0 radical (unpaired) electrons. The molecule has 1 amide bonds. The summed E-state index contributed by atoms with van der Waals surface area (Å²) in [6.07, 6.45) is 6.52. The molecular formula is C19H27N3O4. The molecule has 7 nitrogen and oxygen atoms in total. The first-order valence-corrected chi connectivity index (χ1v) is 9.50. The third kappa shape index (κ3) is 5.17. The lowest BCUT2D eigenvalue weighted by Crippen LogP contribution is -2.42. The van der Waals surface area contributed by atoms with E-state index in [4.69, 9.17) is 4.74 Å². The van der Waals surface area contributed by atoms with Crippen LogP contribution in [-0.4, -0.2) is 48.0 Å². The zero-order chi connectivity index (χ0) is 18.4. The molecule has 1 aliphatic heterocycles. The highest BCUT2D eigenvalue weighted by molar-refractivity contribution is 5.78. The Hall–Kier alpha value is -2.15. The third-order valence-corrected chi connectivity index (χ3v) is 5.38. The maximum Gasteiger partial charge on any atom is 0.269 e. The molecule has 2 aliphatic rings. The number of nitro groups is 1. The van der Waals surface area contributed by atoms with Gasteiger partial charge in [0.1, 0.15) is 5.75 Å². The number of non-ortho nitro benzene ring substituents is 1. The fourth-order valence-electron chi connectivity index (χ4n) is 3.72. The van der Waals surface area contributed by atoms with Crippen molar-refractivity contribution in [2.45, 2.75) is 44.6 Å². The maximum atomic E-state index is 12.1. The fraction of sp³-hybridized carbons (Fsp3) is 0.632. The molecule has 7 heteroatoms. The SMILES string of the molecule is O=C(CNC1CCC(COc2ccc([N+](=O)[O-])cc2)CC1)N1CCCC1. The Morgan fingerprint density at radius 2 is 1.81 bits per heavy atom. The second-order valence-electron chi connectivity index (χ2n) is 7.25. The van der Waals surface area contributed by atoms with Crippen molar-refractivity contribution in [1.29, 1.82) is 0 Å². The Kier molecular flexibility index (Phi) is 6.44. The van der Waals surface area contributed by atoms with Crippen LogP contribution in [0.3, 0.4) is 0 Å². The van der Waals surface area contributed by atoms with Gasteiger partial charge < -0.3 is 15.0 Å². The lowest BCUT2D eigenvalue weighted by atomic mass is 9.86. The van der Waals surface area contributed by atoms with Crippen molar-refractivity contribution in [3.63, 3.8) is 0 Å². The van der Waals surface area contributed by atoms with Crippen LogP contribution >= 0.6 is 0 Å². The van der Waals surface area contributed by atoms with Crippen LogP contribution in [0.1, 0.15) is 38.5 Å². The van der Waals surface area contributed by atoms with Crippen molar-refractivity contribution < 1.29 is 14.5 Å². The Morgan fingerprint density at radius 1 is 1.15 bits per heavy atom. The summed E-state index contributed by atoms with van der Waals surface area (Å²) < 4.78 is 5.78. The number of likely N-dealkylation sites (tertiary alicyclic amines) is 1. The van der Waals surface area contributed by atoms with E-state index in [0.717, 1.165) is 51.6 Å². The van der Waals surface area contributed by atoms with Crippen LogP contribution in [0.4, 0.5) is 5.69 Å². The summed E-state index contributed by atoms with van der Waals surface area (Å²) in [4.78, 5) is 24.3. The van der Waals surface area contributed by atoms with Crippen LogP contribution in [0.25, 0.3) is 0 Å². The Labute approximate surface area is 153 Å². The molecule has 1 aromatic rings. The van der Waals surface area contributed by atoms with E-state index in [-0.39, 0.29) is 11.6 Å². The van der Waals surface area contributed by atoms with Gasteiger partial charge in [0.25, 0.3) is 5.69 Å². The Morgan fingerprint density at radius 3 is 2.42 bits per heavy atom. The van der Waals surface area contributed by atoms with Crippen molar-refractivity contribution in [1.82, 2.24) is 10.2 Å². The molecule has 1 heterocycles. The summed E-state index contributed by atoms with van der Waals surface area (Å²) in [6.45, 7) is 2.91. The highest BCUT2D eigenvalue weighted by Crippen LogP contribution is 2.26. The number of rotatable bonds is 7. The van der Waals surface area contributed by atoms with Gasteiger partial charge in [-0.3, -0.25) is 14.9 Å². The zero-order valence-corrected chi connectivity index (χ0v) is 15.1. The summed E-state index contributed by atoms with van der Waals surface area (Å²) in [6, 6.07) is 6.64. The standard InChI is InChI=1S/C19H27N3O4/c23-19(21-11-1-2-12-21)13-20-16-5-3-15(4-6-16)14-26-18-9-7-17(8-10-18)22(24)25/h7-10,15-16,20H,1-6,11-14H2. The lowest BCUT2D eigenvalue weighted by molar-refractivity contribution is -0.384. The summed E-state index contributed by atoms with van der Waals surface area (Å²) in [5.41, 5.74) is 0.0763. The van der Waals surface area contributed by atoms with Gasteiger partial charge >= 0.3 is 0 Å². The molecule has 3 rings (SSSR count). The second kappa shape index (κ2) is 8.98. The smallest absolute Gasteiger partial charge is 0.269 e. The molecule has 0 bridgehead atoms. The lowest BCUT2D eigenvalue weighted by Gasteiger charge is -2.29. The molecule has 0 unspecified atom stereocenters. The molecule has 1 saturated heterocycles. The van der Waals surface area contributed by atoms with Crippen LogP contribution in [0, 0.1) is 16.0 Å². The number of nitrogens with zero attached hydrogens (tertiary/aromatic N) is 2. The average Bonchev–Trinajstić information content (AvgIpc) is 3.20. The number of carbonyl (C=O) groups is 1. The quantitative estimate of drug-likeness (QED) is 0.596. The van der Waals surface area contributed by atoms with Gasteiger partial charge in [-0.2, -0.15) is 0 Å². The number of hydrogen-bond donors (Lipinski definition) is 1. The second-order valence-corrected chi connectivity index (χ2v) is 7.25. The molecule has 0 aromatic heterocycles. The van der Waals surface area contributed by atoms with Crippen LogP contribution in [0.2, 0.25) is 0 Å². The highest BCUT2D eigenvalue weighted by atomic mass is 16.6. The van der Waals surface area contributed by atoms with Gasteiger partial charge in [0.05, 0.1) is 18.1 Å². The Balaban J connectivity index is 1.33. The molecule has 142 valence electrons. The van der Waals surface area contributed by atoms with Gasteiger partial charge in [-0.15, -0.1) is 0 Å². The van der Waals surface area contributed by atoms with E-state index in [1.54, 1.807) is 12.1 Å². The predicted octanol–water partition coefficient (Wildman–Crippen LogP) is 2.74. The van der Waals surface area contributed by atoms with Gasteiger partial charge in [-0.1, -0.05) is 0 Å². The number of benzene rings is 1. The van der Waals surface area contributed by atoms with Crippen molar-refractivity contribution >= 4 is 11.6 Å². The molecule has 1 N–H and O–H groups in total. The summed E-state index contributed by atoms with van der Waals surface area (Å²) in [7, 11) is 0. The largest absolute Gasteiger partial charge is 0.493 e. The van der Waals surface area contributed by atoms with E-state index >= 15 is 0 Å². The normalized spacial score (nSPS) is 23.0. The minimum Gasteiger partial charge on any atom is -0.493 e. The molecule has 0 atom stereocenters. The number of nitro benzene ring substituents is 1. The van der Waals surface area contributed by atoms with Gasteiger partial charge in [0.15, 0.2) is 0 Å². The van der Waals surface area contributed by atoms with Gasteiger partial charge in [0, 0.05) is 31.3 Å². The average molecular weight is 361 g/mol. The van der Waals surface area contributed by atoms with E-state index in [9.17, 15) is 14.9 Å². The molecule has 0 spiro atoms. The highest BCUT2D eigenvalue weighted by Gasteiger charge is 2.23. The molecular weight excluding hydrogens is 334 g/mol. The van der Waals surface area contributed by atoms with Crippen molar-refractivity contribution in [3.05, 3.63) is 34.4 Å². The van der Waals surface area contributed by atoms with Crippen LogP contribution < -0.4 is 10.1 Å². The van der Waals surface area contributed by atoms with Crippen LogP contribution in [0.5, 0.6) is 5.75 Å². The summed E-state index contributed by atoms with van der Waals surface area (Å²) in [5, 5.41) is 14.1. The van der Waals surface area contributed by atoms with E-state index in [2.05, 4.69) is 5.32 Å². The molecule has 2 fully saturated rings. The number of ether oxygens (including phenoxy) is 1. The number of nitrogens with one attached hydrogen (secondary N) is 1.